The fraction of sp³-hybridized carbons (Fsp3) is 0.500. The summed E-state index contributed by atoms with van der Waals surface area (Å²) in [7, 11) is 0. The monoisotopic (exact) mass is 1010 g/mol. The van der Waals surface area contributed by atoms with Gasteiger partial charge in [0.2, 0.25) is 0 Å². The fourth-order valence-electron chi connectivity index (χ4n) is 8.90. The first-order chi connectivity index (χ1) is 34.4. The van der Waals surface area contributed by atoms with Crippen LogP contribution in [0.3, 0.4) is 0 Å². The third-order valence-corrected chi connectivity index (χ3v) is 17.4. The number of ether oxygens (including phenoxy) is 2. The lowest BCUT2D eigenvalue weighted by Gasteiger charge is -2.15. The molecular weight excluding hydrogens is 929 g/mol. The lowest BCUT2D eigenvalue weighted by molar-refractivity contribution is 0.305. The summed E-state index contributed by atoms with van der Waals surface area (Å²) >= 11 is 7.50. The SMILES string of the molecule is C#CC#CC#CC#CC#COc1cc(-c2ccc(-c3sc(C)cc3CCCCCCCCCC)s2)c(OCCCCCCCCCC)cc1-c1ccc(-c2sc(C)cc2CCCCCCCCCC)s1. The van der Waals surface area contributed by atoms with Gasteiger partial charge in [-0.25, -0.2) is 0 Å². The number of terminal acetylenes is 1. The van der Waals surface area contributed by atoms with Gasteiger partial charge in [-0.3, -0.25) is 0 Å². The first kappa shape index (κ1) is 56.3. The highest BCUT2D eigenvalue weighted by Gasteiger charge is 2.21. The van der Waals surface area contributed by atoms with Crippen LogP contribution in [0.5, 0.6) is 11.5 Å². The summed E-state index contributed by atoms with van der Waals surface area (Å²) in [6.07, 6.45) is 41.6. The number of benzene rings is 1. The lowest BCUT2D eigenvalue weighted by atomic mass is 10.0. The van der Waals surface area contributed by atoms with Crippen molar-refractivity contribution < 1.29 is 9.47 Å². The second-order valence-electron chi connectivity index (χ2n) is 18.6. The Balaban J connectivity index is 1.46. The molecule has 5 rings (SSSR count). The van der Waals surface area contributed by atoms with Gasteiger partial charge >= 0.3 is 0 Å². The Labute approximate surface area is 441 Å². The molecule has 0 bridgehead atoms. The van der Waals surface area contributed by atoms with E-state index < -0.39 is 0 Å². The Morgan fingerprint density at radius 3 is 1.27 bits per heavy atom. The number of rotatable bonds is 33. The minimum Gasteiger partial charge on any atom is -0.493 e. The van der Waals surface area contributed by atoms with Gasteiger partial charge in [0.05, 0.1) is 6.61 Å². The van der Waals surface area contributed by atoms with Gasteiger partial charge in [0.15, 0.2) is 0 Å². The lowest BCUT2D eigenvalue weighted by Crippen LogP contribution is -2.00. The van der Waals surface area contributed by atoms with Gasteiger partial charge in [-0.1, -0.05) is 156 Å². The standard InChI is InChI=1S/C64H78O2S4/c1-7-11-15-19-23-27-31-35-39-53-47-51(5)67-63(53)61-43-41-59(69-61)55-49-58(66-46-38-34-30-26-22-18-14-10-4)56(50-57(55)65-45-37-33-29-25-21-17-13-9-3)60-42-44-62(70-60)64-54(48-52(6)68-64)40-36-32-28-24-20-16-12-8-2/h3,41-44,47-50H,7-8,10-12,14-16,18-20,22-24,26-28,30-32,34-36,38-40,46H2,1-2,4-6H3. The zero-order valence-electron chi connectivity index (χ0n) is 43.2. The normalized spacial score (nSPS) is 10.6. The molecule has 1 aromatic carbocycles. The second kappa shape index (κ2) is 33.9. The van der Waals surface area contributed by atoms with Crippen LogP contribution in [0, 0.1) is 73.7 Å². The highest BCUT2D eigenvalue weighted by molar-refractivity contribution is 7.24. The van der Waals surface area contributed by atoms with Crippen LogP contribution in [0.4, 0.5) is 0 Å². The van der Waals surface area contributed by atoms with E-state index in [0.29, 0.717) is 12.4 Å². The van der Waals surface area contributed by atoms with Crippen molar-refractivity contribution in [3.63, 3.8) is 0 Å². The molecule has 70 heavy (non-hydrogen) atoms. The fourth-order valence-corrected chi connectivity index (χ4v) is 13.4. The van der Waals surface area contributed by atoms with E-state index in [0.717, 1.165) is 45.9 Å². The maximum Gasteiger partial charge on any atom is 0.149 e. The van der Waals surface area contributed by atoms with Crippen LogP contribution in [0.2, 0.25) is 0 Å². The van der Waals surface area contributed by atoms with E-state index in [1.54, 1.807) is 0 Å². The molecule has 6 heteroatoms. The number of hydrogen-bond donors (Lipinski definition) is 0. The molecule has 2 nitrogen and oxygen atoms in total. The molecule has 0 atom stereocenters. The van der Waals surface area contributed by atoms with E-state index in [2.05, 4.69) is 137 Å². The summed E-state index contributed by atoms with van der Waals surface area (Å²) in [6, 6.07) is 18.3. The van der Waals surface area contributed by atoms with E-state index in [1.807, 2.05) is 45.3 Å². The van der Waals surface area contributed by atoms with Crippen molar-refractivity contribution in [1.29, 1.82) is 0 Å². The quantitative estimate of drug-likeness (QED) is 0.0308. The van der Waals surface area contributed by atoms with Crippen molar-refractivity contribution in [3.05, 3.63) is 69.4 Å². The van der Waals surface area contributed by atoms with Gasteiger partial charge in [0, 0.05) is 73.8 Å². The largest absolute Gasteiger partial charge is 0.493 e. The van der Waals surface area contributed by atoms with Crippen molar-refractivity contribution in [3.8, 4) is 112 Å². The summed E-state index contributed by atoms with van der Waals surface area (Å²) in [5.41, 5.74) is 4.94. The molecule has 0 spiro atoms. The number of thiophene rings is 4. The minimum atomic E-state index is 0.668. The number of aryl methyl sites for hydroxylation is 4. The van der Waals surface area contributed by atoms with Gasteiger partial charge < -0.3 is 9.47 Å². The zero-order valence-corrected chi connectivity index (χ0v) is 46.5. The summed E-state index contributed by atoms with van der Waals surface area (Å²) in [6.45, 7) is 12.0. The molecule has 4 aromatic heterocycles. The van der Waals surface area contributed by atoms with Crippen molar-refractivity contribution in [2.45, 2.75) is 202 Å². The van der Waals surface area contributed by atoms with Gasteiger partial charge in [0.25, 0.3) is 0 Å². The molecule has 0 amide bonds. The molecule has 0 saturated heterocycles. The molecule has 0 fully saturated rings. The Morgan fingerprint density at radius 1 is 0.414 bits per heavy atom. The molecule has 0 aliphatic heterocycles. The molecule has 0 radical (unpaired) electrons. The van der Waals surface area contributed by atoms with Crippen molar-refractivity contribution in [2.75, 3.05) is 6.61 Å². The predicted octanol–water partition coefficient (Wildman–Crippen LogP) is 20.1. The minimum absolute atomic E-state index is 0.668. The van der Waals surface area contributed by atoms with Gasteiger partial charge in [-0.05, 0) is 129 Å². The molecule has 0 aliphatic rings. The Bertz CT molecular complexity index is 2610. The van der Waals surface area contributed by atoms with E-state index in [4.69, 9.17) is 15.9 Å². The van der Waals surface area contributed by atoms with Crippen LogP contribution < -0.4 is 9.47 Å². The van der Waals surface area contributed by atoms with E-state index >= 15 is 0 Å². The summed E-state index contributed by atoms with van der Waals surface area (Å²) in [5.74, 6) is 22.6. The summed E-state index contributed by atoms with van der Waals surface area (Å²) in [5, 5.41) is 0. The van der Waals surface area contributed by atoms with Gasteiger partial charge in [-0.15, -0.1) is 51.8 Å². The van der Waals surface area contributed by atoms with Crippen molar-refractivity contribution in [1.82, 2.24) is 0 Å². The molecule has 370 valence electrons. The Morgan fingerprint density at radius 2 is 0.800 bits per heavy atom. The van der Waals surface area contributed by atoms with Gasteiger partial charge in [0.1, 0.15) is 17.6 Å². The smallest absolute Gasteiger partial charge is 0.149 e. The maximum absolute atomic E-state index is 6.87. The first-order valence-corrected chi connectivity index (χ1v) is 30.0. The third-order valence-electron chi connectivity index (χ3n) is 12.7. The van der Waals surface area contributed by atoms with Crippen molar-refractivity contribution in [2.24, 2.45) is 0 Å². The van der Waals surface area contributed by atoms with Gasteiger partial charge in [-0.2, -0.15) is 0 Å². The highest BCUT2D eigenvalue weighted by Crippen LogP contribution is 2.49. The zero-order chi connectivity index (χ0) is 49.4. The molecule has 0 saturated carbocycles. The van der Waals surface area contributed by atoms with Crippen LogP contribution >= 0.6 is 45.3 Å². The topological polar surface area (TPSA) is 18.5 Å². The Hall–Kier alpha value is -4.58. The molecular formula is C64H78O2S4. The van der Waals surface area contributed by atoms with Crippen molar-refractivity contribution >= 4 is 45.3 Å². The summed E-state index contributed by atoms with van der Waals surface area (Å²) < 4.78 is 13.3. The molecule has 5 aromatic rings. The van der Waals surface area contributed by atoms with Crippen LogP contribution in [-0.4, -0.2) is 6.61 Å². The van der Waals surface area contributed by atoms with Crippen LogP contribution in [-0.2, 0) is 12.8 Å². The van der Waals surface area contributed by atoms with E-state index in [1.165, 1.54) is 188 Å². The average molecular weight is 1010 g/mol. The molecule has 0 aliphatic carbocycles. The van der Waals surface area contributed by atoms with Crippen LogP contribution in [0.1, 0.15) is 196 Å². The maximum atomic E-state index is 6.87. The predicted molar refractivity (Wildman–Crippen MR) is 310 cm³/mol. The van der Waals surface area contributed by atoms with Crippen LogP contribution in [0.25, 0.3) is 40.4 Å². The van der Waals surface area contributed by atoms with E-state index in [-0.39, 0.29) is 0 Å². The first-order valence-electron chi connectivity index (χ1n) is 26.8. The summed E-state index contributed by atoms with van der Waals surface area (Å²) in [4.78, 5) is 10.4. The second-order valence-corrected chi connectivity index (χ2v) is 23.3. The Kier molecular flexibility index (Phi) is 27.3. The molecule has 0 unspecified atom stereocenters. The average Bonchev–Trinajstić information content (AvgIpc) is 4.19. The molecule has 0 N–H and O–H groups in total. The number of hydrogen-bond acceptors (Lipinski definition) is 6. The highest BCUT2D eigenvalue weighted by atomic mass is 32.1. The van der Waals surface area contributed by atoms with E-state index in [9.17, 15) is 0 Å². The van der Waals surface area contributed by atoms with Crippen LogP contribution in [0.15, 0.2) is 48.5 Å². The number of unbranched alkanes of at least 4 members (excludes halogenated alkanes) is 21. The molecule has 4 heterocycles. The third kappa shape index (κ3) is 19.9.